The van der Waals surface area contributed by atoms with Crippen molar-refractivity contribution < 1.29 is 4.74 Å². The number of halogens is 3. The Balaban J connectivity index is 2.01. The van der Waals surface area contributed by atoms with Gasteiger partial charge in [0.1, 0.15) is 12.4 Å². The van der Waals surface area contributed by atoms with Crippen LogP contribution in [0.5, 0.6) is 5.75 Å². The molecule has 5 heteroatoms. The summed E-state index contributed by atoms with van der Waals surface area (Å²) < 4.78 is 5.93. The fourth-order valence-electron chi connectivity index (χ4n) is 2.14. The second-order valence-electron chi connectivity index (χ2n) is 5.32. The second kappa shape index (κ2) is 9.39. The summed E-state index contributed by atoms with van der Waals surface area (Å²) in [6.07, 6.45) is 2.32. The molecule has 0 aromatic heterocycles. The van der Waals surface area contributed by atoms with Crippen molar-refractivity contribution in [3.05, 3.63) is 62.6 Å². The molecule has 23 heavy (non-hydrogen) atoms. The second-order valence-corrected chi connectivity index (χ2v) is 6.57. The molecule has 0 aliphatic rings. The summed E-state index contributed by atoms with van der Waals surface area (Å²) in [5.74, 6) is 0.824. The van der Waals surface area contributed by atoms with Gasteiger partial charge in [-0.3, -0.25) is 0 Å². The average molecular weight is 373 g/mol. The molecule has 0 heterocycles. The maximum Gasteiger partial charge on any atom is 0.124 e. The Kier molecular flexibility index (Phi) is 7.51. The zero-order valence-corrected chi connectivity index (χ0v) is 15.3. The van der Waals surface area contributed by atoms with Crippen LogP contribution < -0.4 is 10.1 Å². The van der Waals surface area contributed by atoms with Crippen LogP contribution in [0.3, 0.4) is 0 Å². The number of ether oxygens (including phenoxy) is 1. The van der Waals surface area contributed by atoms with Crippen molar-refractivity contribution in [2.75, 3.05) is 6.54 Å². The summed E-state index contributed by atoms with van der Waals surface area (Å²) in [4.78, 5) is 0. The number of benzene rings is 2. The first-order chi connectivity index (χ1) is 11.1. The molecule has 2 rings (SSSR count). The van der Waals surface area contributed by atoms with E-state index < -0.39 is 0 Å². The molecule has 1 N–H and O–H groups in total. The van der Waals surface area contributed by atoms with E-state index in [0.29, 0.717) is 21.7 Å². The number of hydrogen-bond acceptors (Lipinski definition) is 2. The first-order valence-electron chi connectivity index (χ1n) is 7.66. The fraction of sp³-hybridized carbons (Fsp3) is 0.333. The summed E-state index contributed by atoms with van der Waals surface area (Å²) in [6.45, 7) is 4.32. The third-order valence-electron chi connectivity index (χ3n) is 3.42. The molecule has 2 aromatic carbocycles. The predicted octanol–water partition coefficient (Wildman–Crippen LogP) is 6.12. The van der Waals surface area contributed by atoms with E-state index in [9.17, 15) is 0 Å². The number of hydrogen-bond donors (Lipinski definition) is 1. The first kappa shape index (κ1) is 18.4. The van der Waals surface area contributed by atoms with E-state index in [1.54, 1.807) is 6.07 Å². The molecule has 124 valence electrons. The van der Waals surface area contributed by atoms with Gasteiger partial charge in [-0.05, 0) is 48.9 Å². The van der Waals surface area contributed by atoms with Crippen molar-refractivity contribution in [3.8, 4) is 5.75 Å². The molecule has 0 unspecified atom stereocenters. The van der Waals surface area contributed by atoms with E-state index in [1.165, 1.54) is 6.42 Å². The lowest BCUT2D eigenvalue weighted by Crippen LogP contribution is -2.15. The topological polar surface area (TPSA) is 21.3 Å². The Morgan fingerprint density at radius 2 is 1.83 bits per heavy atom. The van der Waals surface area contributed by atoms with Crippen LogP contribution in [0.15, 0.2) is 36.4 Å². The standard InChI is InChI=1S/C18H20Cl3NO/c1-2-3-8-22-11-14-10-15(19)5-7-18(14)23-12-13-4-6-16(20)17(21)9-13/h4-7,9-10,22H,2-3,8,11-12H2,1H3. The average Bonchev–Trinajstić information content (AvgIpc) is 2.54. The molecular formula is C18H20Cl3NO. The van der Waals surface area contributed by atoms with Crippen molar-refractivity contribution >= 4 is 34.8 Å². The van der Waals surface area contributed by atoms with E-state index in [1.807, 2.05) is 30.3 Å². The lowest BCUT2D eigenvalue weighted by molar-refractivity contribution is 0.302. The van der Waals surface area contributed by atoms with Gasteiger partial charge in [0.2, 0.25) is 0 Å². The van der Waals surface area contributed by atoms with Gasteiger partial charge in [-0.25, -0.2) is 0 Å². The minimum Gasteiger partial charge on any atom is -0.489 e. The van der Waals surface area contributed by atoms with Crippen LogP contribution in [0.4, 0.5) is 0 Å². The molecule has 0 fully saturated rings. The highest BCUT2D eigenvalue weighted by Gasteiger charge is 2.06. The molecule has 0 saturated heterocycles. The van der Waals surface area contributed by atoms with Gasteiger partial charge in [0, 0.05) is 17.1 Å². The maximum absolute atomic E-state index is 6.10. The highest BCUT2D eigenvalue weighted by molar-refractivity contribution is 6.42. The summed E-state index contributed by atoms with van der Waals surface area (Å²) in [7, 11) is 0. The largest absolute Gasteiger partial charge is 0.489 e. The van der Waals surface area contributed by atoms with E-state index in [2.05, 4.69) is 12.2 Å². The van der Waals surface area contributed by atoms with Crippen LogP contribution in [-0.2, 0) is 13.2 Å². The molecule has 0 saturated carbocycles. The third kappa shape index (κ3) is 5.89. The van der Waals surface area contributed by atoms with Gasteiger partial charge < -0.3 is 10.1 Å². The maximum atomic E-state index is 6.10. The SMILES string of the molecule is CCCCNCc1cc(Cl)ccc1OCc1ccc(Cl)c(Cl)c1. The van der Waals surface area contributed by atoms with Crippen molar-refractivity contribution in [2.24, 2.45) is 0 Å². The fourth-order valence-corrected chi connectivity index (χ4v) is 2.66. The Morgan fingerprint density at radius 1 is 1.00 bits per heavy atom. The molecule has 0 spiro atoms. The molecule has 0 aliphatic carbocycles. The highest BCUT2D eigenvalue weighted by Crippen LogP contribution is 2.26. The van der Waals surface area contributed by atoms with Crippen LogP contribution in [0.2, 0.25) is 15.1 Å². The summed E-state index contributed by atoms with van der Waals surface area (Å²) >= 11 is 18.1. The zero-order chi connectivity index (χ0) is 16.7. The monoisotopic (exact) mass is 371 g/mol. The van der Waals surface area contributed by atoms with Gasteiger partial charge in [0.05, 0.1) is 10.0 Å². The van der Waals surface area contributed by atoms with Crippen LogP contribution in [-0.4, -0.2) is 6.54 Å². The minimum absolute atomic E-state index is 0.431. The summed E-state index contributed by atoms with van der Waals surface area (Å²) in [5.41, 5.74) is 2.02. The van der Waals surface area contributed by atoms with Crippen LogP contribution in [0.1, 0.15) is 30.9 Å². The molecule has 2 nitrogen and oxygen atoms in total. The molecule has 0 atom stereocenters. The minimum atomic E-state index is 0.431. The zero-order valence-electron chi connectivity index (χ0n) is 13.0. The van der Waals surface area contributed by atoms with E-state index in [4.69, 9.17) is 39.5 Å². The number of rotatable bonds is 8. The van der Waals surface area contributed by atoms with Crippen molar-refractivity contribution in [1.29, 1.82) is 0 Å². The number of unbranched alkanes of at least 4 members (excludes halogenated alkanes) is 1. The predicted molar refractivity (Wildman–Crippen MR) is 98.9 cm³/mol. The van der Waals surface area contributed by atoms with Crippen molar-refractivity contribution in [1.82, 2.24) is 5.32 Å². The third-order valence-corrected chi connectivity index (χ3v) is 4.40. The van der Waals surface area contributed by atoms with E-state index in [-0.39, 0.29) is 0 Å². The molecule has 2 aromatic rings. The van der Waals surface area contributed by atoms with Crippen molar-refractivity contribution in [2.45, 2.75) is 32.9 Å². The van der Waals surface area contributed by atoms with Gasteiger partial charge in [-0.2, -0.15) is 0 Å². The summed E-state index contributed by atoms with van der Waals surface area (Å²) in [6, 6.07) is 11.2. The van der Waals surface area contributed by atoms with Crippen LogP contribution in [0, 0.1) is 0 Å². The molecular weight excluding hydrogens is 353 g/mol. The van der Waals surface area contributed by atoms with Gasteiger partial charge in [-0.1, -0.05) is 54.2 Å². The Bertz CT molecular complexity index is 646. The Labute approximate surface area is 152 Å². The Hall–Kier alpha value is -0.930. The van der Waals surface area contributed by atoms with E-state index >= 15 is 0 Å². The van der Waals surface area contributed by atoms with Crippen LogP contribution >= 0.6 is 34.8 Å². The molecule has 0 aliphatic heterocycles. The lowest BCUT2D eigenvalue weighted by atomic mass is 10.2. The summed E-state index contributed by atoms with van der Waals surface area (Å²) in [5, 5.41) is 5.19. The van der Waals surface area contributed by atoms with Crippen LogP contribution in [0.25, 0.3) is 0 Å². The molecule has 0 amide bonds. The van der Waals surface area contributed by atoms with Gasteiger partial charge in [-0.15, -0.1) is 0 Å². The normalized spacial score (nSPS) is 10.8. The number of nitrogens with one attached hydrogen (secondary N) is 1. The quantitative estimate of drug-likeness (QED) is 0.564. The smallest absolute Gasteiger partial charge is 0.124 e. The van der Waals surface area contributed by atoms with E-state index in [0.717, 1.165) is 36.4 Å². The van der Waals surface area contributed by atoms with Gasteiger partial charge >= 0.3 is 0 Å². The Morgan fingerprint density at radius 3 is 2.57 bits per heavy atom. The van der Waals surface area contributed by atoms with Gasteiger partial charge in [0.15, 0.2) is 0 Å². The molecule has 0 radical (unpaired) electrons. The van der Waals surface area contributed by atoms with Gasteiger partial charge in [0.25, 0.3) is 0 Å². The molecule has 0 bridgehead atoms. The van der Waals surface area contributed by atoms with Crippen molar-refractivity contribution in [3.63, 3.8) is 0 Å². The first-order valence-corrected chi connectivity index (χ1v) is 8.79. The highest BCUT2D eigenvalue weighted by atomic mass is 35.5. The lowest BCUT2D eigenvalue weighted by Gasteiger charge is -2.13.